The first kappa shape index (κ1) is 11.5. The Bertz CT molecular complexity index is 516. The summed E-state index contributed by atoms with van der Waals surface area (Å²) in [5, 5.41) is 0. The lowest BCUT2D eigenvalue weighted by atomic mass is 9.99. The van der Waals surface area contributed by atoms with E-state index >= 15 is 0 Å². The molecule has 2 aromatic heterocycles. The van der Waals surface area contributed by atoms with Crippen molar-refractivity contribution in [2.24, 2.45) is 5.73 Å². The molecule has 2 rings (SSSR count). The Balaban J connectivity index is 2.47. The van der Waals surface area contributed by atoms with Gasteiger partial charge in [0, 0.05) is 18.0 Å². The van der Waals surface area contributed by atoms with Crippen molar-refractivity contribution in [3.63, 3.8) is 0 Å². The van der Waals surface area contributed by atoms with E-state index < -0.39 is 0 Å². The highest BCUT2D eigenvalue weighted by atomic mass is 14.9. The SMILES string of the molecule is Cc1ccnc(C(N)c2c(C)ccnc2N)c1. The molecule has 0 aliphatic carbocycles. The van der Waals surface area contributed by atoms with Gasteiger partial charge < -0.3 is 11.5 Å². The molecule has 0 saturated carbocycles. The van der Waals surface area contributed by atoms with Crippen molar-refractivity contribution in [1.29, 1.82) is 0 Å². The van der Waals surface area contributed by atoms with E-state index in [1.807, 2.05) is 32.0 Å². The van der Waals surface area contributed by atoms with Crippen LogP contribution in [0.3, 0.4) is 0 Å². The van der Waals surface area contributed by atoms with Gasteiger partial charge >= 0.3 is 0 Å². The Kier molecular flexibility index (Phi) is 3.06. The number of aryl methyl sites for hydroxylation is 2. The lowest BCUT2D eigenvalue weighted by Gasteiger charge is -2.16. The number of nitrogens with two attached hydrogens (primary N) is 2. The van der Waals surface area contributed by atoms with Crippen molar-refractivity contribution < 1.29 is 0 Å². The first-order valence-electron chi connectivity index (χ1n) is 5.48. The number of hydrogen-bond donors (Lipinski definition) is 2. The normalized spacial score (nSPS) is 12.4. The molecule has 1 atom stereocenters. The molecule has 2 aromatic rings. The Labute approximate surface area is 101 Å². The summed E-state index contributed by atoms with van der Waals surface area (Å²) in [4.78, 5) is 8.37. The molecule has 4 nitrogen and oxygen atoms in total. The molecule has 0 spiro atoms. The highest BCUT2D eigenvalue weighted by Gasteiger charge is 2.16. The van der Waals surface area contributed by atoms with E-state index in [1.54, 1.807) is 12.4 Å². The van der Waals surface area contributed by atoms with Crippen LogP contribution in [0.5, 0.6) is 0 Å². The first-order chi connectivity index (χ1) is 8.09. The van der Waals surface area contributed by atoms with Gasteiger partial charge in [0.25, 0.3) is 0 Å². The fourth-order valence-corrected chi connectivity index (χ4v) is 1.87. The zero-order valence-corrected chi connectivity index (χ0v) is 10.0. The van der Waals surface area contributed by atoms with Crippen LogP contribution in [0.1, 0.15) is 28.4 Å². The molecule has 1 unspecified atom stereocenters. The zero-order chi connectivity index (χ0) is 12.4. The number of nitrogen functional groups attached to an aromatic ring is 1. The number of rotatable bonds is 2. The van der Waals surface area contributed by atoms with E-state index in [9.17, 15) is 0 Å². The van der Waals surface area contributed by atoms with Gasteiger partial charge in [-0.25, -0.2) is 4.98 Å². The van der Waals surface area contributed by atoms with Gasteiger partial charge in [0.2, 0.25) is 0 Å². The second kappa shape index (κ2) is 4.51. The number of nitrogens with zero attached hydrogens (tertiary/aromatic N) is 2. The third-order valence-corrected chi connectivity index (χ3v) is 2.81. The zero-order valence-electron chi connectivity index (χ0n) is 10.0. The molecule has 0 saturated heterocycles. The molecule has 4 heteroatoms. The average molecular weight is 228 g/mol. The van der Waals surface area contributed by atoms with Gasteiger partial charge in [-0.2, -0.15) is 0 Å². The first-order valence-corrected chi connectivity index (χ1v) is 5.48. The van der Waals surface area contributed by atoms with E-state index in [4.69, 9.17) is 11.5 Å². The van der Waals surface area contributed by atoms with Gasteiger partial charge in [0.05, 0.1) is 11.7 Å². The van der Waals surface area contributed by atoms with Gasteiger partial charge in [-0.1, -0.05) is 0 Å². The average Bonchev–Trinajstić information content (AvgIpc) is 2.28. The fourth-order valence-electron chi connectivity index (χ4n) is 1.87. The quantitative estimate of drug-likeness (QED) is 0.820. The standard InChI is InChI=1S/C13H16N4/c1-8-3-5-16-10(7-8)12(14)11-9(2)4-6-17-13(11)15/h3-7,12H,14H2,1-2H3,(H2,15,17). The molecule has 0 bridgehead atoms. The van der Waals surface area contributed by atoms with E-state index in [-0.39, 0.29) is 6.04 Å². The summed E-state index contributed by atoms with van der Waals surface area (Å²) in [6, 6.07) is 5.48. The van der Waals surface area contributed by atoms with Gasteiger partial charge in [0.15, 0.2) is 0 Å². The minimum atomic E-state index is -0.330. The summed E-state index contributed by atoms with van der Waals surface area (Å²) in [5.41, 5.74) is 15.9. The van der Waals surface area contributed by atoms with Crippen LogP contribution in [-0.4, -0.2) is 9.97 Å². The molecular weight excluding hydrogens is 212 g/mol. The van der Waals surface area contributed by atoms with Gasteiger partial charge in [-0.05, 0) is 43.2 Å². The second-order valence-corrected chi connectivity index (χ2v) is 4.16. The van der Waals surface area contributed by atoms with Crippen LogP contribution in [0, 0.1) is 13.8 Å². The smallest absolute Gasteiger partial charge is 0.128 e. The molecule has 0 fully saturated rings. The van der Waals surface area contributed by atoms with Crippen molar-refractivity contribution >= 4 is 5.82 Å². The van der Waals surface area contributed by atoms with Crippen molar-refractivity contribution in [2.45, 2.75) is 19.9 Å². The molecule has 17 heavy (non-hydrogen) atoms. The van der Waals surface area contributed by atoms with Crippen molar-refractivity contribution in [3.8, 4) is 0 Å². The molecule has 2 heterocycles. The highest BCUT2D eigenvalue weighted by Crippen LogP contribution is 2.25. The third-order valence-electron chi connectivity index (χ3n) is 2.81. The predicted molar refractivity (Wildman–Crippen MR) is 68.4 cm³/mol. The summed E-state index contributed by atoms with van der Waals surface area (Å²) in [6.45, 7) is 3.99. The van der Waals surface area contributed by atoms with Crippen LogP contribution in [0.15, 0.2) is 30.6 Å². The maximum atomic E-state index is 6.20. The van der Waals surface area contributed by atoms with Crippen LogP contribution in [0.25, 0.3) is 0 Å². The largest absolute Gasteiger partial charge is 0.383 e. The maximum Gasteiger partial charge on any atom is 0.128 e. The molecular formula is C13H16N4. The lowest BCUT2D eigenvalue weighted by Crippen LogP contribution is -2.17. The van der Waals surface area contributed by atoms with Crippen LogP contribution < -0.4 is 11.5 Å². The molecule has 0 amide bonds. The second-order valence-electron chi connectivity index (χ2n) is 4.16. The fraction of sp³-hybridized carbons (Fsp3) is 0.231. The highest BCUT2D eigenvalue weighted by molar-refractivity contribution is 5.48. The number of pyridine rings is 2. The molecule has 0 aliphatic rings. The van der Waals surface area contributed by atoms with Gasteiger partial charge in [0.1, 0.15) is 5.82 Å². The van der Waals surface area contributed by atoms with Crippen molar-refractivity contribution in [2.75, 3.05) is 5.73 Å². The summed E-state index contributed by atoms with van der Waals surface area (Å²) >= 11 is 0. The molecule has 0 aliphatic heterocycles. The Morgan fingerprint density at radius 2 is 1.82 bits per heavy atom. The number of hydrogen-bond acceptors (Lipinski definition) is 4. The summed E-state index contributed by atoms with van der Waals surface area (Å²) in [5.74, 6) is 0.473. The van der Waals surface area contributed by atoms with E-state index in [2.05, 4.69) is 9.97 Å². The van der Waals surface area contributed by atoms with Crippen LogP contribution in [0.4, 0.5) is 5.82 Å². The third kappa shape index (κ3) is 2.26. The summed E-state index contributed by atoms with van der Waals surface area (Å²) in [6.07, 6.45) is 3.44. The minimum absolute atomic E-state index is 0.330. The van der Waals surface area contributed by atoms with Crippen LogP contribution in [0.2, 0.25) is 0 Å². The van der Waals surface area contributed by atoms with Gasteiger partial charge in [-0.15, -0.1) is 0 Å². The van der Waals surface area contributed by atoms with Gasteiger partial charge in [-0.3, -0.25) is 4.98 Å². The maximum absolute atomic E-state index is 6.20. The Hall–Kier alpha value is -1.94. The Morgan fingerprint density at radius 3 is 2.47 bits per heavy atom. The Morgan fingerprint density at radius 1 is 1.12 bits per heavy atom. The van der Waals surface area contributed by atoms with Crippen LogP contribution in [-0.2, 0) is 0 Å². The van der Waals surface area contributed by atoms with Crippen molar-refractivity contribution in [3.05, 3.63) is 53.0 Å². The molecule has 0 aromatic carbocycles. The lowest BCUT2D eigenvalue weighted by molar-refractivity contribution is 0.816. The monoisotopic (exact) mass is 228 g/mol. The molecule has 0 radical (unpaired) electrons. The topological polar surface area (TPSA) is 77.8 Å². The minimum Gasteiger partial charge on any atom is -0.383 e. The number of aromatic nitrogens is 2. The molecule has 88 valence electrons. The predicted octanol–water partition coefficient (Wildman–Crippen LogP) is 1.72. The van der Waals surface area contributed by atoms with Crippen molar-refractivity contribution in [1.82, 2.24) is 9.97 Å². The summed E-state index contributed by atoms with van der Waals surface area (Å²) in [7, 11) is 0. The molecule has 4 N–H and O–H groups in total. The van der Waals surface area contributed by atoms with Crippen LogP contribution >= 0.6 is 0 Å². The van der Waals surface area contributed by atoms with E-state index in [1.165, 1.54) is 0 Å². The summed E-state index contributed by atoms with van der Waals surface area (Å²) < 4.78 is 0. The van der Waals surface area contributed by atoms with E-state index in [0.717, 1.165) is 22.4 Å². The van der Waals surface area contributed by atoms with E-state index in [0.29, 0.717) is 5.82 Å². The number of anilines is 1.